The summed E-state index contributed by atoms with van der Waals surface area (Å²) in [4.78, 5) is 12.1. The molecule has 100 valence electrons. The van der Waals surface area contributed by atoms with E-state index in [9.17, 15) is 4.79 Å². The average molecular weight is 250 g/mol. The molecule has 4 nitrogen and oxygen atoms in total. The Kier molecular flexibility index (Phi) is 4.48. The topological polar surface area (TPSA) is 75.3 Å². The van der Waals surface area contributed by atoms with E-state index in [0.717, 1.165) is 5.56 Å². The molecule has 0 saturated carbocycles. The van der Waals surface area contributed by atoms with Crippen LogP contribution in [0, 0.1) is 5.41 Å². The zero-order valence-corrected chi connectivity index (χ0v) is 11.2. The third-order valence-electron chi connectivity index (χ3n) is 3.00. The molecule has 4 N–H and O–H groups in total. The SMILES string of the molecule is CC(C)(CO)CNC(=O)C(C)(N)c1ccccc1. The number of aliphatic hydroxyl groups excluding tert-OH is 1. The molecule has 0 spiro atoms. The molecular weight excluding hydrogens is 228 g/mol. The summed E-state index contributed by atoms with van der Waals surface area (Å²) < 4.78 is 0. The lowest BCUT2D eigenvalue weighted by molar-refractivity contribution is -0.126. The summed E-state index contributed by atoms with van der Waals surface area (Å²) in [6.07, 6.45) is 0. The van der Waals surface area contributed by atoms with Crippen LogP contribution in [0.15, 0.2) is 30.3 Å². The molecule has 18 heavy (non-hydrogen) atoms. The number of benzene rings is 1. The highest BCUT2D eigenvalue weighted by atomic mass is 16.3. The molecule has 1 atom stereocenters. The molecule has 0 heterocycles. The van der Waals surface area contributed by atoms with E-state index in [-0.39, 0.29) is 17.9 Å². The third kappa shape index (κ3) is 3.55. The highest BCUT2D eigenvalue weighted by Gasteiger charge is 2.31. The van der Waals surface area contributed by atoms with Gasteiger partial charge in [0, 0.05) is 18.6 Å². The van der Waals surface area contributed by atoms with Crippen molar-refractivity contribution in [2.24, 2.45) is 11.1 Å². The van der Waals surface area contributed by atoms with Gasteiger partial charge in [-0.25, -0.2) is 0 Å². The standard InChI is InChI=1S/C14H22N2O2/c1-13(2,10-17)9-16-12(18)14(3,15)11-7-5-4-6-8-11/h4-8,17H,9-10,15H2,1-3H3,(H,16,18). The van der Waals surface area contributed by atoms with Crippen molar-refractivity contribution in [2.45, 2.75) is 26.3 Å². The number of nitrogens with one attached hydrogen (secondary N) is 1. The quantitative estimate of drug-likeness (QED) is 0.729. The number of carbonyl (C=O) groups excluding carboxylic acids is 1. The predicted molar refractivity (Wildman–Crippen MR) is 71.9 cm³/mol. The number of amides is 1. The third-order valence-corrected chi connectivity index (χ3v) is 3.00. The van der Waals surface area contributed by atoms with Gasteiger partial charge in [-0.05, 0) is 12.5 Å². The van der Waals surface area contributed by atoms with Gasteiger partial charge in [0.25, 0.3) is 0 Å². The fourth-order valence-electron chi connectivity index (χ4n) is 1.47. The second-order valence-electron chi connectivity index (χ2n) is 5.57. The van der Waals surface area contributed by atoms with E-state index in [2.05, 4.69) is 5.32 Å². The fraction of sp³-hybridized carbons (Fsp3) is 0.500. The molecule has 0 aliphatic heterocycles. The summed E-state index contributed by atoms with van der Waals surface area (Å²) in [5, 5.41) is 11.9. The van der Waals surface area contributed by atoms with Gasteiger partial charge in [-0.3, -0.25) is 4.79 Å². The molecular formula is C14H22N2O2. The van der Waals surface area contributed by atoms with Crippen molar-refractivity contribution in [3.8, 4) is 0 Å². The van der Waals surface area contributed by atoms with Crippen LogP contribution in [0.1, 0.15) is 26.3 Å². The minimum absolute atomic E-state index is 0.0138. The number of nitrogens with two attached hydrogens (primary N) is 1. The lowest BCUT2D eigenvalue weighted by Gasteiger charge is -2.28. The van der Waals surface area contributed by atoms with E-state index in [1.807, 2.05) is 44.2 Å². The average Bonchev–Trinajstić information content (AvgIpc) is 2.37. The highest BCUT2D eigenvalue weighted by molar-refractivity contribution is 5.87. The first kappa shape index (κ1) is 14.7. The molecule has 1 aromatic rings. The lowest BCUT2D eigenvalue weighted by atomic mass is 9.90. The van der Waals surface area contributed by atoms with Crippen molar-refractivity contribution in [3.05, 3.63) is 35.9 Å². The van der Waals surface area contributed by atoms with E-state index in [0.29, 0.717) is 6.54 Å². The molecule has 1 rings (SSSR count). The Bertz CT molecular complexity index is 400. The summed E-state index contributed by atoms with van der Waals surface area (Å²) in [5.74, 6) is -0.241. The van der Waals surface area contributed by atoms with E-state index in [4.69, 9.17) is 10.8 Å². The smallest absolute Gasteiger partial charge is 0.244 e. The first-order chi connectivity index (χ1) is 8.29. The molecule has 1 aromatic carbocycles. The maximum absolute atomic E-state index is 12.1. The van der Waals surface area contributed by atoms with Gasteiger partial charge in [0.15, 0.2) is 0 Å². The number of hydrogen-bond donors (Lipinski definition) is 3. The summed E-state index contributed by atoms with van der Waals surface area (Å²) in [7, 11) is 0. The Morgan fingerprint density at radius 2 is 1.83 bits per heavy atom. The van der Waals surface area contributed by atoms with E-state index >= 15 is 0 Å². The predicted octanol–water partition coefficient (Wildman–Crippen LogP) is 0.995. The molecule has 4 heteroatoms. The van der Waals surface area contributed by atoms with Crippen LogP contribution in [0.5, 0.6) is 0 Å². The minimum Gasteiger partial charge on any atom is -0.396 e. The monoisotopic (exact) mass is 250 g/mol. The van der Waals surface area contributed by atoms with Crippen LogP contribution in [0.2, 0.25) is 0 Å². The second-order valence-corrected chi connectivity index (χ2v) is 5.57. The van der Waals surface area contributed by atoms with Gasteiger partial charge in [-0.1, -0.05) is 44.2 Å². The maximum atomic E-state index is 12.1. The van der Waals surface area contributed by atoms with Crippen LogP contribution >= 0.6 is 0 Å². The number of aliphatic hydroxyl groups is 1. The van der Waals surface area contributed by atoms with Gasteiger partial charge in [0.1, 0.15) is 5.54 Å². The molecule has 1 amide bonds. The van der Waals surface area contributed by atoms with Crippen LogP contribution in [0.3, 0.4) is 0 Å². The molecule has 0 saturated heterocycles. The lowest BCUT2D eigenvalue weighted by Crippen LogP contribution is -2.51. The minimum atomic E-state index is -1.06. The van der Waals surface area contributed by atoms with E-state index < -0.39 is 5.54 Å². The Balaban J connectivity index is 2.72. The first-order valence-corrected chi connectivity index (χ1v) is 6.03. The van der Waals surface area contributed by atoms with E-state index in [1.54, 1.807) is 6.92 Å². The molecule has 0 radical (unpaired) electrons. The number of carbonyl (C=O) groups is 1. The van der Waals surface area contributed by atoms with Gasteiger partial charge in [0.05, 0.1) is 0 Å². The van der Waals surface area contributed by atoms with Gasteiger partial charge in [0.2, 0.25) is 5.91 Å². The summed E-state index contributed by atoms with van der Waals surface area (Å²) >= 11 is 0. The van der Waals surface area contributed by atoms with Crippen molar-refractivity contribution in [1.82, 2.24) is 5.32 Å². The Morgan fingerprint density at radius 1 is 1.28 bits per heavy atom. The summed E-state index contributed by atoms with van der Waals surface area (Å²) in [6, 6.07) is 9.25. The number of rotatable bonds is 5. The molecule has 0 aliphatic carbocycles. The maximum Gasteiger partial charge on any atom is 0.244 e. The number of hydrogen-bond acceptors (Lipinski definition) is 3. The van der Waals surface area contributed by atoms with Crippen molar-refractivity contribution < 1.29 is 9.90 Å². The Morgan fingerprint density at radius 3 is 2.33 bits per heavy atom. The van der Waals surface area contributed by atoms with Crippen molar-refractivity contribution in [1.29, 1.82) is 0 Å². The zero-order valence-electron chi connectivity index (χ0n) is 11.2. The normalized spacial score (nSPS) is 14.9. The second kappa shape index (κ2) is 5.50. The van der Waals surface area contributed by atoms with E-state index in [1.165, 1.54) is 0 Å². The van der Waals surface area contributed by atoms with Crippen LogP contribution in [-0.2, 0) is 10.3 Å². The van der Waals surface area contributed by atoms with Crippen LogP contribution in [-0.4, -0.2) is 24.2 Å². The van der Waals surface area contributed by atoms with Crippen molar-refractivity contribution in [2.75, 3.05) is 13.2 Å². The molecule has 0 aliphatic rings. The molecule has 0 aromatic heterocycles. The van der Waals surface area contributed by atoms with Crippen LogP contribution in [0.4, 0.5) is 0 Å². The van der Waals surface area contributed by atoms with Crippen LogP contribution in [0.25, 0.3) is 0 Å². The van der Waals surface area contributed by atoms with Crippen molar-refractivity contribution in [3.63, 3.8) is 0 Å². The Hall–Kier alpha value is -1.39. The first-order valence-electron chi connectivity index (χ1n) is 6.03. The molecule has 0 fully saturated rings. The van der Waals surface area contributed by atoms with Gasteiger partial charge in [-0.2, -0.15) is 0 Å². The highest BCUT2D eigenvalue weighted by Crippen LogP contribution is 2.18. The summed E-state index contributed by atoms with van der Waals surface area (Å²) in [5.41, 5.74) is 5.44. The largest absolute Gasteiger partial charge is 0.396 e. The molecule has 1 unspecified atom stereocenters. The van der Waals surface area contributed by atoms with Gasteiger partial charge < -0.3 is 16.2 Å². The van der Waals surface area contributed by atoms with Gasteiger partial charge in [-0.15, -0.1) is 0 Å². The Labute approximate surface area is 108 Å². The fourth-order valence-corrected chi connectivity index (χ4v) is 1.47. The zero-order chi connectivity index (χ0) is 13.8. The molecule has 0 bridgehead atoms. The van der Waals surface area contributed by atoms with Crippen LogP contribution < -0.4 is 11.1 Å². The van der Waals surface area contributed by atoms with Crippen molar-refractivity contribution >= 4 is 5.91 Å². The van der Waals surface area contributed by atoms with Gasteiger partial charge >= 0.3 is 0 Å². The summed E-state index contributed by atoms with van der Waals surface area (Å²) in [6.45, 7) is 5.85.